The number of hydrogen-bond acceptors (Lipinski definition) is 4. The number of piperazine rings is 1. The summed E-state index contributed by atoms with van der Waals surface area (Å²) in [6.45, 7) is 8.48. The van der Waals surface area contributed by atoms with Gasteiger partial charge in [-0.05, 0) is 44.3 Å². The summed E-state index contributed by atoms with van der Waals surface area (Å²) < 4.78 is 0. The lowest BCUT2D eigenvalue weighted by Gasteiger charge is -2.37. The van der Waals surface area contributed by atoms with E-state index in [1.165, 1.54) is 11.1 Å². The van der Waals surface area contributed by atoms with Crippen molar-refractivity contribution in [3.8, 4) is 0 Å². The van der Waals surface area contributed by atoms with E-state index in [0.29, 0.717) is 6.54 Å². The van der Waals surface area contributed by atoms with Crippen molar-refractivity contribution < 1.29 is 0 Å². The number of nitrogens with one attached hydrogen (secondary N) is 1. The summed E-state index contributed by atoms with van der Waals surface area (Å²) in [7, 11) is 4.18. The van der Waals surface area contributed by atoms with Gasteiger partial charge in [-0.1, -0.05) is 30.3 Å². The van der Waals surface area contributed by atoms with Crippen LogP contribution in [0.1, 0.15) is 18.1 Å². The maximum Gasteiger partial charge on any atom is 0.194 e. The number of nitrogens with zero attached hydrogens (tertiary/aromatic N) is 5. The lowest BCUT2D eigenvalue weighted by molar-refractivity contribution is 0.371. The maximum atomic E-state index is 4.88. The minimum Gasteiger partial charge on any atom is -0.357 e. The fraction of sp³-hybridized carbons (Fsp3) is 0.455. The Balaban J connectivity index is 0.00000300. The SMILES string of the molecule is CCNC(=NCc1ccc(CN(C)C)cc1)N1CCN(c2ccccn2)CC1.I. The van der Waals surface area contributed by atoms with E-state index in [2.05, 4.69) is 76.4 Å². The highest BCUT2D eigenvalue weighted by atomic mass is 127. The first kappa shape index (κ1) is 23.4. The lowest BCUT2D eigenvalue weighted by Crippen LogP contribution is -2.52. The van der Waals surface area contributed by atoms with Crippen molar-refractivity contribution in [2.24, 2.45) is 4.99 Å². The van der Waals surface area contributed by atoms with E-state index in [4.69, 9.17) is 4.99 Å². The maximum absolute atomic E-state index is 4.88. The standard InChI is InChI=1S/C22H32N6.HI/c1-4-23-22(25-17-19-8-10-20(11-9-19)18-26(2)3)28-15-13-27(14-16-28)21-7-5-6-12-24-21;/h5-12H,4,13-18H2,1-3H3,(H,23,25);1H. The van der Waals surface area contributed by atoms with Crippen molar-refractivity contribution in [1.29, 1.82) is 0 Å². The largest absolute Gasteiger partial charge is 0.357 e. The number of anilines is 1. The molecule has 0 spiro atoms. The normalized spacial score (nSPS) is 14.7. The molecule has 1 aromatic heterocycles. The molecule has 6 nitrogen and oxygen atoms in total. The highest BCUT2D eigenvalue weighted by molar-refractivity contribution is 14.0. The van der Waals surface area contributed by atoms with Gasteiger partial charge in [0.15, 0.2) is 5.96 Å². The smallest absolute Gasteiger partial charge is 0.194 e. The van der Waals surface area contributed by atoms with Gasteiger partial charge in [0.05, 0.1) is 6.54 Å². The fourth-order valence-electron chi connectivity index (χ4n) is 3.40. The molecule has 1 fully saturated rings. The van der Waals surface area contributed by atoms with Crippen LogP contribution in [-0.2, 0) is 13.1 Å². The van der Waals surface area contributed by atoms with Gasteiger partial charge in [0.25, 0.3) is 0 Å². The van der Waals surface area contributed by atoms with Gasteiger partial charge in [-0.3, -0.25) is 0 Å². The van der Waals surface area contributed by atoms with Gasteiger partial charge in [-0.15, -0.1) is 24.0 Å². The minimum absolute atomic E-state index is 0. The zero-order valence-corrected chi connectivity index (χ0v) is 20.0. The molecule has 2 aromatic rings. The molecule has 0 unspecified atom stereocenters. The van der Waals surface area contributed by atoms with Crippen LogP contribution in [-0.4, -0.2) is 67.6 Å². The molecule has 0 amide bonds. The van der Waals surface area contributed by atoms with Crippen molar-refractivity contribution in [3.05, 3.63) is 59.8 Å². The molecular formula is C22H33IN6. The van der Waals surface area contributed by atoms with Crippen LogP contribution in [0.25, 0.3) is 0 Å². The molecule has 0 bridgehead atoms. The Kier molecular flexibility index (Phi) is 9.66. The van der Waals surface area contributed by atoms with E-state index in [1.807, 2.05) is 18.3 Å². The van der Waals surface area contributed by atoms with Crippen molar-refractivity contribution in [1.82, 2.24) is 20.1 Å². The van der Waals surface area contributed by atoms with Crippen LogP contribution in [0.2, 0.25) is 0 Å². The third-order valence-electron chi connectivity index (χ3n) is 4.82. The molecule has 3 rings (SSSR count). The fourth-order valence-corrected chi connectivity index (χ4v) is 3.40. The number of guanidine groups is 1. The van der Waals surface area contributed by atoms with Crippen molar-refractivity contribution in [2.45, 2.75) is 20.0 Å². The van der Waals surface area contributed by atoms with Crippen LogP contribution in [0.15, 0.2) is 53.7 Å². The molecule has 2 heterocycles. The van der Waals surface area contributed by atoms with E-state index >= 15 is 0 Å². The average molecular weight is 508 g/mol. The average Bonchev–Trinajstić information content (AvgIpc) is 2.73. The van der Waals surface area contributed by atoms with E-state index in [1.54, 1.807) is 0 Å². The molecule has 7 heteroatoms. The highest BCUT2D eigenvalue weighted by Gasteiger charge is 2.20. The van der Waals surface area contributed by atoms with Crippen molar-refractivity contribution >= 4 is 35.8 Å². The third-order valence-corrected chi connectivity index (χ3v) is 4.82. The first-order chi connectivity index (χ1) is 13.7. The van der Waals surface area contributed by atoms with Crippen LogP contribution >= 0.6 is 24.0 Å². The topological polar surface area (TPSA) is 47.0 Å². The Labute approximate surface area is 192 Å². The predicted octanol–water partition coefficient (Wildman–Crippen LogP) is 3.05. The number of rotatable bonds is 6. The Morgan fingerprint density at radius 3 is 2.31 bits per heavy atom. The number of pyridine rings is 1. The number of benzene rings is 1. The quantitative estimate of drug-likeness (QED) is 0.370. The van der Waals surface area contributed by atoms with Crippen molar-refractivity contribution in [3.63, 3.8) is 0 Å². The Bertz CT molecular complexity index is 740. The third kappa shape index (κ3) is 7.15. The summed E-state index contributed by atoms with van der Waals surface area (Å²) in [5.41, 5.74) is 2.57. The van der Waals surface area contributed by atoms with Gasteiger partial charge in [0.2, 0.25) is 0 Å². The molecule has 29 heavy (non-hydrogen) atoms. The predicted molar refractivity (Wildman–Crippen MR) is 132 cm³/mol. The Morgan fingerprint density at radius 1 is 1.03 bits per heavy atom. The van der Waals surface area contributed by atoms with Gasteiger partial charge in [-0.25, -0.2) is 9.98 Å². The van der Waals surface area contributed by atoms with Crippen LogP contribution < -0.4 is 10.2 Å². The lowest BCUT2D eigenvalue weighted by atomic mass is 10.1. The van der Waals surface area contributed by atoms with E-state index < -0.39 is 0 Å². The van der Waals surface area contributed by atoms with Crippen LogP contribution in [0.4, 0.5) is 5.82 Å². The first-order valence-electron chi connectivity index (χ1n) is 10.1. The summed E-state index contributed by atoms with van der Waals surface area (Å²) in [5.74, 6) is 2.06. The number of aliphatic imine (C=N–C) groups is 1. The summed E-state index contributed by atoms with van der Waals surface area (Å²) in [6.07, 6.45) is 1.86. The first-order valence-corrected chi connectivity index (χ1v) is 10.1. The van der Waals surface area contributed by atoms with E-state index in [-0.39, 0.29) is 24.0 Å². The molecule has 1 N–H and O–H groups in total. The van der Waals surface area contributed by atoms with E-state index in [0.717, 1.165) is 51.0 Å². The monoisotopic (exact) mass is 508 g/mol. The van der Waals surface area contributed by atoms with Gasteiger partial charge in [-0.2, -0.15) is 0 Å². The number of hydrogen-bond donors (Lipinski definition) is 1. The molecule has 0 saturated carbocycles. The van der Waals surface area contributed by atoms with Crippen LogP contribution in [0.3, 0.4) is 0 Å². The minimum atomic E-state index is 0. The molecule has 1 saturated heterocycles. The van der Waals surface area contributed by atoms with Gasteiger partial charge >= 0.3 is 0 Å². The molecule has 1 aliphatic rings. The van der Waals surface area contributed by atoms with Crippen molar-refractivity contribution in [2.75, 3.05) is 51.7 Å². The number of aromatic nitrogens is 1. The zero-order chi connectivity index (χ0) is 19.8. The molecular weight excluding hydrogens is 475 g/mol. The Hall–Kier alpha value is -1.87. The second-order valence-electron chi connectivity index (χ2n) is 7.39. The molecule has 0 atom stereocenters. The summed E-state index contributed by atoms with van der Waals surface area (Å²) in [5, 5.41) is 3.45. The second kappa shape index (κ2) is 12.0. The van der Waals surface area contributed by atoms with Gasteiger partial charge < -0.3 is 20.0 Å². The van der Waals surface area contributed by atoms with E-state index in [9.17, 15) is 0 Å². The number of halogens is 1. The van der Waals surface area contributed by atoms with Crippen LogP contribution in [0, 0.1) is 0 Å². The molecule has 0 aliphatic carbocycles. The molecule has 1 aliphatic heterocycles. The molecule has 158 valence electrons. The van der Waals surface area contributed by atoms with Gasteiger partial charge in [0.1, 0.15) is 5.82 Å². The summed E-state index contributed by atoms with van der Waals surface area (Å²) in [4.78, 5) is 16.2. The summed E-state index contributed by atoms with van der Waals surface area (Å²) in [6, 6.07) is 14.9. The Morgan fingerprint density at radius 2 is 1.72 bits per heavy atom. The second-order valence-corrected chi connectivity index (χ2v) is 7.39. The summed E-state index contributed by atoms with van der Waals surface area (Å²) >= 11 is 0. The molecule has 0 radical (unpaired) electrons. The zero-order valence-electron chi connectivity index (χ0n) is 17.7. The van der Waals surface area contributed by atoms with Crippen LogP contribution in [0.5, 0.6) is 0 Å². The highest BCUT2D eigenvalue weighted by Crippen LogP contribution is 2.13. The molecule has 1 aromatic carbocycles. The van der Waals surface area contributed by atoms with Gasteiger partial charge in [0, 0.05) is 45.5 Å².